The van der Waals surface area contributed by atoms with Crippen molar-refractivity contribution in [1.29, 1.82) is 0 Å². The first-order chi connectivity index (χ1) is 9.13. The molecule has 5 heteroatoms. The lowest BCUT2D eigenvalue weighted by molar-refractivity contribution is 0.466. The third kappa shape index (κ3) is 5.59. The Morgan fingerprint density at radius 3 is 2.68 bits per heavy atom. The fourth-order valence-corrected chi connectivity index (χ4v) is 2.02. The summed E-state index contributed by atoms with van der Waals surface area (Å²) in [6, 6.07) is 1.59. The van der Waals surface area contributed by atoms with E-state index in [1.165, 1.54) is 25.7 Å². The topological polar surface area (TPSA) is 63.0 Å². The van der Waals surface area contributed by atoms with Gasteiger partial charge in [0.05, 0.1) is 6.54 Å². The third-order valence-corrected chi connectivity index (χ3v) is 3.37. The van der Waals surface area contributed by atoms with Crippen LogP contribution in [0.3, 0.4) is 0 Å². The first kappa shape index (κ1) is 14.3. The standard InChI is InChI=1S/C14H26N4O/c1-10(2)5-4-6-11(3)16-14-18-17-13(19-14)9-15-12-7-8-12/h10-12,15H,4-9H2,1-3H3,(H,16,18). The van der Waals surface area contributed by atoms with Crippen LogP contribution >= 0.6 is 0 Å². The number of nitrogens with zero attached hydrogens (tertiary/aromatic N) is 2. The molecule has 0 aromatic carbocycles. The highest BCUT2D eigenvalue weighted by molar-refractivity contribution is 5.18. The molecule has 19 heavy (non-hydrogen) atoms. The maximum absolute atomic E-state index is 5.56. The van der Waals surface area contributed by atoms with Gasteiger partial charge in [0.25, 0.3) is 0 Å². The Bertz CT molecular complexity index is 373. The molecule has 108 valence electrons. The van der Waals surface area contributed by atoms with E-state index in [4.69, 9.17) is 4.42 Å². The first-order valence-corrected chi connectivity index (χ1v) is 7.45. The van der Waals surface area contributed by atoms with Gasteiger partial charge in [0, 0.05) is 12.1 Å². The average Bonchev–Trinajstić information content (AvgIpc) is 3.07. The van der Waals surface area contributed by atoms with Crippen molar-refractivity contribution in [2.45, 2.75) is 71.5 Å². The molecule has 1 atom stereocenters. The normalized spacial score (nSPS) is 16.8. The van der Waals surface area contributed by atoms with Crippen molar-refractivity contribution in [3.05, 3.63) is 5.89 Å². The summed E-state index contributed by atoms with van der Waals surface area (Å²) in [6.07, 6.45) is 6.18. The van der Waals surface area contributed by atoms with E-state index in [-0.39, 0.29) is 0 Å². The summed E-state index contributed by atoms with van der Waals surface area (Å²) in [5.74, 6) is 1.44. The second kappa shape index (κ2) is 6.89. The molecule has 1 heterocycles. The van der Waals surface area contributed by atoms with Crippen LogP contribution < -0.4 is 10.6 Å². The molecule has 2 N–H and O–H groups in total. The molecule has 2 rings (SSSR count). The summed E-state index contributed by atoms with van der Waals surface area (Å²) in [7, 11) is 0. The second-order valence-corrected chi connectivity index (χ2v) is 6.03. The summed E-state index contributed by atoms with van der Waals surface area (Å²) < 4.78 is 5.56. The Hall–Kier alpha value is -1.10. The van der Waals surface area contributed by atoms with Gasteiger partial charge in [-0.1, -0.05) is 31.8 Å². The molecule has 0 aliphatic heterocycles. The molecule has 0 saturated heterocycles. The zero-order valence-corrected chi connectivity index (χ0v) is 12.3. The fourth-order valence-electron chi connectivity index (χ4n) is 2.02. The maximum atomic E-state index is 5.56. The van der Waals surface area contributed by atoms with Crippen molar-refractivity contribution in [2.24, 2.45) is 5.92 Å². The molecule has 0 spiro atoms. The molecule has 0 bridgehead atoms. The largest absolute Gasteiger partial charge is 0.407 e. The highest BCUT2D eigenvalue weighted by Gasteiger charge is 2.21. The van der Waals surface area contributed by atoms with Gasteiger partial charge in [0.2, 0.25) is 5.89 Å². The molecular weight excluding hydrogens is 240 g/mol. The summed E-state index contributed by atoms with van der Waals surface area (Å²) in [5.41, 5.74) is 0. The molecule has 1 fully saturated rings. The van der Waals surface area contributed by atoms with Gasteiger partial charge in [-0.2, -0.15) is 0 Å². The minimum absolute atomic E-state index is 0.378. The average molecular weight is 266 g/mol. The van der Waals surface area contributed by atoms with E-state index in [1.54, 1.807) is 0 Å². The first-order valence-electron chi connectivity index (χ1n) is 7.45. The predicted molar refractivity (Wildman–Crippen MR) is 75.9 cm³/mol. The van der Waals surface area contributed by atoms with Crippen molar-refractivity contribution >= 4 is 6.01 Å². The summed E-state index contributed by atoms with van der Waals surface area (Å²) in [6.45, 7) is 7.36. The fraction of sp³-hybridized carbons (Fsp3) is 0.857. The van der Waals surface area contributed by atoms with E-state index < -0.39 is 0 Å². The lowest BCUT2D eigenvalue weighted by atomic mass is 10.0. The van der Waals surface area contributed by atoms with Crippen molar-refractivity contribution < 1.29 is 4.42 Å². The number of aromatic nitrogens is 2. The van der Waals surface area contributed by atoms with E-state index >= 15 is 0 Å². The van der Waals surface area contributed by atoms with Crippen LogP contribution in [0.25, 0.3) is 0 Å². The van der Waals surface area contributed by atoms with E-state index in [0.717, 1.165) is 12.3 Å². The molecule has 1 aliphatic carbocycles. The van der Waals surface area contributed by atoms with Crippen molar-refractivity contribution in [3.8, 4) is 0 Å². The van der Waals surface area contributed by atoms with Gasteiger partial charge in [-0.05, 0) is 32.1 Å². The number of nitrogens with one attached hydrogen (secondary N) is 2. The highest BCUT2D eigenvalue weighted by atomic mass is 16.4. The van der Waals surface area contributed by atoms with Crippen LogP contribution in [0.1, 0.15) is 58.8 Å². The number of rotatable bonds is 9. The molecule has 0 amide bonds. The quantitative estimate of drug-likeness (QED) is 0.719. The van der Waals surface area contributed by atoms with Crippen LogP contribution in [0.2, 0.25) is 0 Å². The Morgan fingerprint density at radius 1 is 1.21 bits per heavy atom. The van der Waals surface area contributed by atoms with Crippen LogP contribution in [0.15, 0.2) is 4.42 Å². The minimum atomic E-state index is 0.378. The van der Waals surface area contributed by atoms with E-state index in [9.17, 15) is 0 Å². The Labute approximate surface area is 115 Å². The molecule has 1 saturated carbocycles. The maximum Gasteiger partial charge on any atom is 0.315 e. The zero-order valence-electron chi connectivity index (χ0n) is 12.3. The van der Waals surface area contributed by atoms with E-state index in [0.29, 0.717) is 30.5 Å². The summed E-state index contributed by atoms with van der Waals surface area (Å²) >= 11 is 0. The number of hydrogen-bond acceptors (Lipinski definition) is 5. The van der Waals surface area contributed by atoms with Crippen LogP contribution in [-0.4, -0.2) is 22.3 Å². The van der Waals surface area contributed by atoms with Crippen LogP contribution in [0, 0.1) is 5.92 Å². The van der Waals surface area contributed by atoms with Gasteiger partial charge >= 0.3 is 6.01 Å². The molecule has 1 aromatic heterocycles. The second-order valence-electron chi connectivity index (χ2n) is 6.03. The third-order valence-electron chi connectivity index (χ3n) is 3.37. The van der Waals surface area contributed by atoms with Gasteiger partial charge in [0.15, 0.2) is 0 Å². The van der Waals surface area contributed by atoms with Gasteiger partial charge in [0.1, 0.15) is 0 Å². The van der Waals surface area contributed by atoms with Crippen LogP contribution in [-0.2, 0) is 6.54 Å². The van der Waals surface area contributed by atoms with Crippen molar-refractivity contribution in [2.75, 3.05) is 5.32 Å². The SMILES string of the molecule is CC(C)CCCC(C)Nc1nnc(CNC2CC2)o1. The van der Waals surface area contributed by atoms with Crippen LogP contribution in [0.5, 0.6) is 0 Å². The van der Waals surface area contributed by atoms with Crippen LogP contribution in [0.4, 0.5) is 6.01 Å². The molecule has 5 nitrogen and oxygen atoms in total. The molecule has 1 aliphatic rings. The predicted octanol–water partition coefficient (Wildman–Crippen LogP) is 2.95. The number of hydrogen-bond donors (Lipinski definition) is 2. The lowest BCUT2D eigenvalue weighted by Crippen LogP contribution is -2.16. The molecule has 1 unspecified atom stereocenters. The smallest absolute Gasteiger partial charge is 0.315 e. The summed E-state index contributed by atoms with van der Waals surface area (Å²) in [4.78, 5) is 0. The Kier molecular flexibility index (Phi) is 5.19. The van der Waals surface area contributed by atoms with Crippen molar-refractivity contribution in [1.82, 2.24) is 15.5 Å². The monoisotopic (exact) mass is 266 g/mol. The minimum Gasteiger partial charge on any atom is -0.407 e. The molecular formula is C14H26N4O. The van der Waals surface area contributed by atoms with Gasteiger partial charge in [-0.25, -0.2) is 0 Å². The number of anilines is 1. The van der Waals surface area contributed by atoms with Gasteiger partial charge < -0.3 is 15.1 Å². The highest BCUT2D eigenvalue weighted by Crippen LogP contribution is 2.19. The Balaban J connectivity index is 1.66. The van der Waals surface area contributed by atoms with Crippen molar-refractivity contribution in [3.63, 3.8) is 0 Å². The van der Waals surface area contributed by atoms with E-state index in [2.05, 4.69) is 41.6 Å². The van der Waals surface area contributed by atoms with E-state index in [1.807, 2.05) is 0 Å². The molecule has 0 radical (unpaired) electrons. The molecule has 1 aromatic rings. The summed E-state index contributed by atoms with van der Waals surface area (Å²) in [5, 5.41) is 14.7. The van der Waals surface area contributed by atoms with Gasteiger partial charge in [-0.15, -0.1) is 5.10 Å². The van der Waals surface area contributed by atoms with Gasteiger partial charge in [-0.3, -0.25) is 0 Å². The zero-order chi connectivity index (χ0) is 13.7. The lowest BCUT2D eigenvalue weighted by Gasteiger charge is -2.12. The Morgan fingerprint density at radius 2 is 2.00 bits per heavy atom.